The van der Waals surface area contributed by atoms with Gasteiger partial charge < -0.3 is 5.11 Å². The molecule has 3 heteroatoms. The molecule has 1 aromatic rings. The van der Waals surface area contributed by atoms with Crippen LogP contribution < -0.4 is 0 Å². The largest absolute Gasteiger partial charge is 0.393 e. The fraction of sp³-hybridized carbons (Fsp3) is 0.667. The fourth-order valence-corrected chi connectivity index (χ4v) is 2.43. The third-order valence-electron chi connectivity index (χ3n) is 2.57. The molecule has 0 spiro atoms. The van der Waals surface area contributed by atoms with Gasteiger partial charge in [-0.25, -0.2) is 4.98 Å². The normalized spacial score (nSPS) is 29.4. The molecule has 1 aliphatic rings. The minimum absolute atomic E-state index is 0.0771. The number of hydrogen-bond acceptors (Lipinski definition) is 3. The van der Waals surface area contributed by atoms with Gasteiger partial charge in [0.05, 0.1) is 17.3 Å². The second-order valence-corrected chi connectivity index (χ2v) is 4.16. The Morgan fingerprint density at radius 2 is 2.50 bits per heavy atom. The molecule has 0 bridgehead atoms. The summed E-state index contributed by atoms with van der Waals surface area (Å²) >= 11 is 1.63. The smallest absolute Gasteiger partial charge is 0.0794 e. The molecule has 1 aliphatic carbocycles. The van der Waals surface area contributed by atoms with Crippen LogP contribution in [0.15, 0.2) is 10.9 Å². The summed E-state index contributed by atoms with van der Waals surface area (Å²) in [5.41, 5.74) is 3.00. The van der Waals surface area contributed by atoms with Gasteiger partial charge in [-0.2, -0.15) is 0 Å². The maximum atomic E-state index is 9.56. The first-order valence-corrected chi connectivity index (χ1v) is 5.35. The monoisotopic (exact) mass is 183 g/mol. The lowest BCUT2D eigenvalue weighted by atomic mass is 10.0. The van der Waals surface area contributed by atoms with Gasteiger partial charge in [-0.15, -0.1) is 11.3 Å². The van der Waals surface area contributed by atoms with E-state index >= 15 is 0 Å². The number of thiazole rings is 1. The third kappa shape index (κ3) is 1.67. The highest BCUT2D eigenvalue weighted by Gasteiger charge is 2.25. The molecule has 2 atom stereocenters. The number of aromatic nitrogens is 1. The van der Waals surface area contributed by atoms with Crippen LogP contribution in [0.3, 0.4) is 0 Å². The topological polar surface area (TPSA) is 33.1 Å². The summed E-state index contributed by atoms with van der Waals surface area (Å²) in [6.07, 6.45) is 4.21. The van der Waals surface area contributed by atoms with Crippen molar-refractivity contribution in [2.75, 3.05) is 0 Å². The first-order valence-electron chi connectivity index (χ1n) is 4.41. The highest BCUT2D eigenvalue weighted by atomic mass is 32.1. The fourth-order valence-electron chi connectivity index (χ4n) is 1.86. The van der Waals surface area contributed by atoms with E-state index in [2.05, 4.69) is 10.4 Å². The van der Waals surface area contributed by atoms with E-state index in [0.717, 1.165) is 18.5 Å². The Morgan fingerprint density at radius 3 is 3.08 bits per heavy atom. The molecule has 1 aromatic heterocycles. The van der Waals surface area contributed by atoms with Crippen LogP contribution in [0.4, 0.5) is 0 Å². The lowest BCUT2D eigenvalue weighted by Crippen LogP contribution is -2.15. The van der Waals surface area contributed by atoms with Crippen molar-refractivity contribution in [1.29, 1.82) is 0 Å². The molecule has 2 rings (SSSR count). The van der Waals surface area contributed by atoms with Crippen LogP contribution in [-0.2, 0) is 6.42 Å². The highest BCUT2D eigenvalue weighted by Crippen LogP contribution is 2.28. The maximum Gasteiger partial charge on any atom is 0.0794 e. The van der Waals surface area contributed by atoms with E-state index in [1.165, 1.54) is 12.8 Å². The van der Waals surface area contributed by atoms with E-state index in [9.17, 15) is 5.11 Å². The number of nitrogens with zero attached hydrogens (tertiary/aromatic N) is 1. The summed E-state index contributed by atoms with van der Waals surface area (Å²) in [7, 11) is 0. The highest BCUT2D eigenvalue weighted by molar-refractivity contribution is 7.07. The van der Waals surface area contributed by atoms with Crippen molar-refractivity contribution in [2.45, 2.75) is 31.8 Å². The average molecular weight is 183 g/mol. The van der Waals surface area contributed by atoms with Crippen LogP contribution >= 0.6 is 11.3 Å². The molecular formula is C9H13NOS. The summed E-state index contributed by atoms with van der Waals surface area (Å²) in [6.45, 7) is 0. The lowest BCUT2D eigenvalue weighted by Gasteiger charge is -2.11. The Morgan fingerprint density at radius 1 is 1.58 bits per heavy atom. The summed E-state index contributed by atoms with van der Waals surface area (Å²) in [5, 5.41) is 11.6. The molecule has 0 aliphatic heterocycles. The van der Waals surface area contributed by atoms with Gasteiger partial charge in [-0.1, -0.05) is 6.42 Å². The second-order valence-electron chi connectivity index (χ2n) is 3.44. The van der Waals surface area contributed by atoms with Crippen molar-refractivity contribution in [3.05, 3.63) is 16.6 Å². The Hall–Kier alpha value is -0.410. The van der Waals surface area contributed by atoms with Crippen LogP contribution in [0.25, 0.3) is 0 Å². The van der Waals surface area contributed by atoms with E-state index < -0.39 is 0 Å². The zero-order valence-corrected chi connectivity index (χ0v) is 7.76. The lowest BCUT2D eigenvalue weighted by molar-refractivity contribution is 0.132. The van der Waals surface area contributed by atoms with Gasteiger partial charge in [0, 0.05) is 5.38 Å². The molecule has 1 fully saturated rings. The van der Waals surface area contributed by atoms with Crippen molar-refractivity contribution in [3.63, 3.8) is 0 Å². The quantitative estimate of drug-likeness (QED) is 0.759. The van der Waals surface area contributed by atoms with Gasteiger partial charge in [-0.3, -0.25) is 0 Å². The van der Waals surface area contributed by atoms with Crippen molar-refractivity contribution < 1.29 is 5.11 Å². The maximum absolute atomic E-state index is 9.56. The van der Waals surface area contributed by atoms with Crippen LogP contribution in [0.5, 0.6) is 0 Å². The van der Waals surface area contributed by atoms with Crippen LogP contribution in [-0.4, -0.2) is 16.2 Å². The van der Waals surface area contributed by atoms with Crippen LogP contribution in [0.2, 0.25) is 0 Å². The molecule has 0 radical (unpaired) electrons. The van der Waals surface area contributed by atoms with Crippen LogP contribution in [0.1, 0.15) is 25.0 Å². The van der Waals surface area contributed by atoms with Gasteiger partial charge in [0.25, 0.3) is 0 Å². The standard InChI is InChI=1S/C9H13NOS/c11-9-3-1-2-7(9)4-8-5-12-6-10-8/h5-7,9,11H,1-4H2. The van der Waals surface area contributed by atoms with E-state index in [1.807, 2.05) is 5.51 Å². The molecule has 0 saturated heterocycles. The molecular weight excluding hydrogens is 170 g/mol. The van der Waals surface area contributed by atoms with Gasteiger partial charge in [0.1, 0.15) is 0 Å². The molecule has 66 valence electrons. The Kier molecular flexibility index (Phi) is 2.42. The predicted molar refractivity (Wildman–Crippen MR) is 49.2 cm³/mol. The Bertz CT molecular complexity index is 235. The zero-order chi connectivity index (χ0) is 8.39. The molecule has 2 unspecified atom stereocenters. The number of aliphatic hydroxyl groups is 1. The number of aliphatic hydroxyl groups excluding tert-OH is 1. The van der Waals surface area contributed by atoms with Crippen molar-refractivity contribution in [1.82, 2.24) is 4.98 Å². The minimum Gasteiger partial charge on any atom is -0.393 e. The van der Waals surface area contributed by atoms with E-state index in [4.69, 9.17) is 0 Å². The molecule has 0 aromatic carbocycles. The molecule has 1 N–H and O–H groups in total. The van der Waals surface area contributed by atoms with Gasteiger partial charge in [-0.05, 0) is 25.2 Å². The van der Waals surface area contributed by atoms with Gasteiger partial charge in [0.15, 0.2) is 0 Å². The van der Waals surface area contributed by atoms with Gasteiger partial charge >= 0.3 is 0 Å². The van der Waals surface area contributed by atoms with Crippen molar-refractivity contribution >= 4 is 11.3 Å². The molecule has 0 amide bonds. The first-order chi connectivity index (χ1) is 5.86. The van der Waals surface area contributed by atoms with Crippen LogP contribution in [0, 0.1) is 5.92 Å². The Labute approximate surface area is 76.3 Å². The summed E-state index contributed by atoms with van der Waals surface area (Å²) < 4.78 is 0. The van der Waals surface area contributed by atoms with Crippen molar-refractivity contribution in [3.8, 4) is 0 Å². The Balaban J connectivity index is 1.95. The first kappa shape index (κ1) is 8.20. The summed E-state index contributed by atoms with van der Waals surface area (Å²) in [5.74, 6) is 0.465. The molecule has 1 saturated carbocycles. The number of rotatable bonds is 2. The second kappa shape index (κ2) is 3.54. The van der Waals surface area contributed by atoms with Crippen molar-refractivity contribution in [2.24, 2.45) is 5.92 Å². The van der Waals surface area contributed by atoms with E-state index in [-0.39, 0.29) is 6.10 Å². The average Bonchev–Trinajstić information content (AvgIpc) is 2.65. The SMILES string of the molecule is OC1CCCC1Cc1cscn1. The molecule has 12 heavy (non-hydrogen) atoms. The minimum atomic E-state index is -0.0771. The number of hydrogen-bond donors (Lipinski definition) is 1. The molecule has 2 nitrogen and oxygen atoms in total. The zero-order valence-electron chi connectivity index (χ0n) is 6.94. The predicted octanol–water partition coefficient (Wildman–Crippen LogP) is 1.85. The van der Waals surface area contributed by atoms with E-state index in [0.29, 0.717) is 5.92 Å². The third-order valence-corrected chi connectivity index (χ3v) is 3.21. The summed E-state index contributed by atoms with van der Waals surface area (Å²) in [4.78, 5) is 4.22. The van der Waals surface area contributed by atoms with E-state index in [1.54, 1.807) is 11.3 Å². The van der Waals surface area contributed by atoms with Gasteiger partial charge in [0.2, 0.25) is 0 Å². The summed E-state index contributed by atoms with van der Waals surface area (Å²) in [6, 6.07) is 0. The molecule has 1 heterocycles.